The Morgan fingerprint density at radius 1 is 1.19 bits per heavy atom. The lowest BCUT2D eigenvalue weighted by Crippen LogP contribution is -2.45. The number of nitrogens with one attached hydrogen (secondary N) is 2. The summed E-state index contributed by atoms with van der Waals surface area (Å²) in [7, 11) is 0. The van der Waals surface area contributed by atoms with Crippen LogP contribution in [0.2, 0.25) is 0 Å². The summed E-state index contributed by atoms with van der Waals surface area (Å²) in [6, 6.07) is 0.161. The second kappa shape index (κ2) is 9.43. The number of amides is 1. The fourth-order valence-electron chi connectivity index (χ4n) is 3.52. The van der Waals surface area contributed by atoms with E-state index >= 15 is 0 Å². The molecule has 2 aliphatic rings. The Hall–Kier alpha value is -1.51. The van der Waals surface area contributed by atoms with Gasteiger partial charge in [-0.25, -0.2) is 0 Å². The highest BCUT2D eigenvalue weighted by Gasteiger charge is 2.34. The van der Waals surface area contributed by atoms with E-state index in [0.29, 0.717) is 45.1 Å². The molecule has 150 valence electrons. The van der Waals surface area contributed by atoms with Crippen LogP contribution < -0.4 is 10.6 Å². The Labute approximate surface area is 153 Å². The second-order valence-corrected chi connectivity index (χ2v) is 7.05. The molecule has 1 amide bonds. The number of likely N-dealkylation sites (tertiary alicyclic amines) is 2. The first kappa shape index (κ1) is 20.8. The largest absolute Gasteiger partial charge is 0.401 e. The Morgan fingerprint density at radius 3 is 2.62 bits per heavy atom. The van der Waals surface area contributed by atoms with Gasteiger partial charge < -0.3 is 15.5 Å². The van der Waals surface area contributed by atoms with Crippen LogP contribution in [-0.4, -0.2) is 79.7 Å². The second-order valence-electron chi connectivity index (χ2n) is 7.05. The Bertz CT molecular complexity index is 497. The van der Waals surface area contributed by atoms with Gasteiger partial charge >= 0.3 is 6.18 Å². The summed E-state index contributed by atoms with van der Waals surface area (Å²) in [6.45, 7) is 6.53. The molecular weight excluding hydrogens is 347 g/mol. The van der Waals surface area contributed by atoms with Gasteiger partial charge in [-0.1, -0.05) is 6.92 Å². The number of halogens is 3. The molecule has 0 spiro atoms. The minimum atomic E-state index is -4.14. The van der Waals surface area contributed by atoms with Crippen molar-refractivity contribution in [2.24, 2.45) is 10.9 Å². The van der Waals surface area contributed by atoms with Gasteiger partial charge in [0.05, 0.1) is 6.54 Å². The van der Waals surface area contributed by atoms with Crippen LogP contribution in [0.25, 0.3) is 0 Å². The van der Waals surface area contributed by atoms with E-state index in [9.17, 15) is 18.0 Å². The van der Waals surface area contributed by atoms with Gasteiger partial charge in [0.25, 0.3) is 0 Å². The van der Waals surface area contributed by atoms with Crippen molar-refractivity contribution in [1.82, 2.24) is 20.4 Å². The topological polar surface area (TPSA) is 60.0 Å². The van der Waals surface area contributed by atoms with Gasteiger partial charge in [-0.15, -0.1) is 0 Å². The summed E-state index contributed by atoms with van der Waals surface area (Å²) < 4.78 is 37.4. The van der Waals surface area contributed by atoms with Crippen LogP contribution in [0.3, 0.4) is 0 Å². The summed E-state index contributed by atoms with van der Waals surface area (Å²) in [5.74, 6) is 0.985. The number of rotatable bonds is 6. The van der Waals surface area contributed by atoms with E-state index in [2.05, 4.69) is 15.6 Å². The van der Waals surface area contributed by atoms with Gasteiger partial charge in [-0.3, -0.25) is 14.7 Å². The maximum atomic E-state index is 12.5. The van der Waals surface area contributed by atoms with Crippen molar-refractivity contribution in [3.63, 3.8) is 0 Å². The number of carbonyl (C=O) groups excluding carboxylic acids is 1. The van der Waals surface area contributed by atoms with Gasteiger partial charge in [-0.05, 0) is 32.2 Å². The lowest BCUT2D eigenvalue weighted by molar-refractivity contribution is -0.143. The minimum absolute atomic E-state index is 0.148. The van der Waals surface area contributed by atoms with Gasteiger partial charge in [0, 0.05) is 45.2 Å². The van der Waals surface area contributed by atoms with E-state index in [0.717, 1.165) is 19.4 Å². The fourth-order valence-corrected chi connectivity index (χ4v) is 3.52. The van der Waals surface area contributed by atoms with Crippen LogP contribution in [0.5, 0.6) is 0 Å². The summed E-state index contributed by atoms with van der Waals surface area (Å²) in [6.07, 6.45) is -2.02. The standard InChI is InChI=1S/C17H30F3N5O/c1-3-15(26)25-8-6-14(11-25)23-16(21-4-2)22-9-13-5-7-24(10-13)12-17(18,19)20/h13-14H,3-12H2,1-2H3,(H2,21,22,23). The van der Waals surface area contributed by atoms with Crippen molar-refractivity contribution in [3.05, 3.63) is 0 Å². The first-order valence-electron chi connectivity index (χ1n) is 9.42. The van der Waals surface area contributed by atoms with E-state index in [1.165, 1.54) is 4.90 Å². The van der Waals surface area contributed by atoms with E-state index in [1.807, 2.05) is 18.7 Å². The number of carbonyl (C=O) groups is 1. The molecule has 9 heteroatoms. The minimum Gasteiger partial charge on any atom is -0.357 e. The highest BCUT2D eigenvalue weighted by Crippen LogP contribution is 2.22. The molecule has 0 aromatic rings. The molecule has 2 saturated heterocycles. The SMILES string of the molecule is CCNC(=NCC1CCN(CC(F)(F)F)C1)NC1CCN(C(=O)CC)C1. The molecule has 26 heavy (non-hydrogen) atoms. The summed E-state index contributed by atoms with van der Waals surface area (Å²) >= 11 is 0. The highest BCUT2D eigenvalue weighted by atomic mass is 19.4. The molecule has 2 unspecified atom stereocenters. The third-order valence-corrected chi connectivity index (χ3v) is 4.81. The number of hydrogen-bond acceptors (Lipinski definition) is 3. The Balaban J connectivity index is 1.81. The molecule has 2 aliphatic heterocycles. The molecule has 6 nitrogen and oxygen atoms in total. The fraction of sp³-hybridized carbons (Fsp3) is 0.882. The molecule has 0 bridgehead atoms. The molecule has 2 rings (SSSR count). The highest BCUT2D eigenvalue weighted by molar-refractivity contribution is 5.80. The smallest absolute Gasteiger partial charge is 0.357 e. The van der Waals surface area contributed by atoms with Gasteiger partial charge in [-0.2, -0.15) is 13.2 Å². The molecule has 2 heterocycles. The number of nitrogens with zero attached hydrogens (tertiary/aromatic N) is 3. The van der Waals surface area contributed by atoms with Crippen molar-refractivity contribution >= 4 is 11.9 Å². The van der Waals surface area contributed by atoms with Crippen molar-refractivity contribution in [3.8, 4) is 0 Å². The number of alkyl halides is 3. The zero-order valence-electron chi connectivity index (χ0n) is 15.6. The lowest BCUT2D eigenvalue weighted by Gasteiger charge is -2.19. The number of hydrogen-bond donors (Lipinski definition) is 2. The average molecular weight is 377 g/mol. The van der Waals surface area contributed by atoms with Crippen LogP contribution in [0.15, 0.2) is 4.99 Å². The van der Waals surface area contributed by atoms with E-state index in [1.54, 1.807) is 0 Å². The third-order valence-electron chi connectivity index (χ3n) is 4.81. The number of guanidine groups is 1. The summed E-state index contributed by atoms with van der Waals surface area (Å²) in [5, 5.41) is 6.53. The molecule has 0 aromatic carbocycles. The van der Waals surface area contributed by atoms with Gasteiger partial charge in [0.2, 0.25) is 5.91 Å². The molecular formula is C17H30F3N5O. The van der Waals surface area contributed by atoms with E-state index < -0.39 is 12.7 Å². The Kier molecular flexibility index (Phi) is 7.55. The molecule has 0 aromatic heterocycles. The van der Waals surface area contributed by atoms with Crippen molar-refractivity contribution in [2.45, 2.75) is 45.3 Å². The molecule has 2 fully saturated rings. The van der Waals surface area contributed by atoms with Crippen molar-refractivity contribution in [2.75, 3.05) is 45.8 Å². The van der Waals surface area contributed by atoms with Gasteiger partial charge in [0.15, 0.2) is 5.96 Å². The third kappa shape index (κ3) is 6.66. The van der Waals surface area contributed by atoms with Crippen molar-refractivity contribution in [1.29, 1.82) is 0 Å². The summed E-state index contributed by atoms with van der Waals surface area (Å²) in [4.78, 5) is 19.6. The molecule has 0 radical (unpaired) electrons. The number of aliphatic imine (C=N–C) groups is 1. The predicted octanol–water partition coefficient (Wildman–Crippen LogP) is 1.44. The average Bonchev–Trinajstić information content (AvgIpc) is 3.20. The molecule has 0 aliphatic carbocycles. The van der Waals surface area contributed by atoms with E-state index in [-0.39, 0.29) is 17.9 Å². The summed E-state index contributed by atoms with van der Waals surface area (Å²) in [5.41, 5.74) is 0. The maximum absolute atomic E-state index is 12.5. The van der Waals surface area contributed by atoms with Crippen LogP contribution in [0.4, 0.5) is 13.2 Å². The zero-order valence-corrected chi connectivity index (χ0v) is 15.6. The quantitative estimate of drug-likeness (QED) is 0.543. The van der Waals surface area contributed by atoms with Crippen LogP contribution in [-0.2, 0) is 4.79 Å². The Morgan fingerprint density at radius 2 is 1.96 bits per heavy atom. The van der Waals surface area contributed by atoms with Gasteiger partial charge in [0.1, 0.15) is 0 Å². The monoisotopic (exact) mass is 377 g/mol. The molecule has 2 atom stereocenters. The zero-order chi connectivity index (χ0) is 19.2. The van der Waals surface area contributed by atoms with E-state index in [4.69, 9.17) is 0 Å². The lowest BCUT2D eigenvalue weighted by atomic mass is 10.1. The van der Waals surface area contributed by atoms with Crippen LogP contribution in [0.1, 0.15) is 33.1 Å². The van der Waals surface area contributed by atoms with Crippen LogP contribution >= 0.6 is 0 Å². The maximum Gasteiger partial charge on any atom is 0.401 e. The van der Waals surface area contributed by atoms with Crippen molar-refractivity contribution < 1.29 is 18.0 Å². The first-order valence-corrected chi connectivity index (χ1v) is 9.42. The molecule has 2 N–H and O–H groups in total. The first-order chi connectivity index (χ1) is 12.3. The molecule has 0 saturated carbocycles. The van der Waals surface area contributed by atoms with Crippen LogP contribution in [0, 0.1) is 5.92 Å². The normalized spacial score (nSPS) is 25.0. The predicted molar refractivity (Wildman–Crippen MR) is 95.0 cm³/mol.